The van der Waals surface area contributed by atoms with Crippen molar-refractivity contribution in [1.29, 1.82) is 0 Å². The zero-order chi connectivity index (χ0) is 33.8. The first-order valence-corrected chi connectivity index (χ1v) is 17.6. The molecule has 0 radical (unpaired) electrons. The molecule has 0 fully saturated rings. The molecular formula is C37H48N4O5S. The van der Waals surface area contributed by atoms with Gasteiger partial charge in [0.1, 0.15) is 28.2 Å². The first kappa shape index (κ1) is 35.4. The maximum Gasteiger partial charge on any atom is 0.350 e. The van der Waals surface area contributed by atoms with Gasteiger partial charge in [-0.25, -0.2) is 9.00 Å². The van der Waals surface area contributed by atoms with Gasteiger partial charge < -0.3 is 18.9 Å². The van der Waals surface area contributed by atoms with Crippen molar-refractivity contribution in [3.8, 4) is 17.2 Å². The van der Waals surface area contributed by atoms with Gasteiger partial charge in [-0.3, -0.25) is 0 Å². The fourth-order valence-electron chi connectivity index (χ4n) is 5.19. The SMILES string of the molecule is CCCCCCCCOC(=O)/C(=C\C=C\N(CC)CC)S(=O)Oc1ccccc1.Cc1cc(C)c(O)c(-n2n3c4ccccc4n23)c1. The van der Waals surface area contributed by atoms with Crippen molar-refractivity contribution in [3.63, 3.8) is 0 Å². The first-order valence-electron chi connectivity index (χ1n) is 16.5. The Morgan fingerprint density at radius 2 is 1.49 bits per heavy atom. The summed E-state index contributed by atoms with van der Waals surface area (Å²) in [5.74, 6) is 0.186. The molecule has 1 N–H and O–H groups in total. The van der Waals surface area contributed by atoms with Crippen LogP contribution in [-0.2, 0) is 20.6 Å². The summed E-state index contributed by atoms with van der Waals surface area (Å²) < 4.78 is 27.5. The Labute approximate surface area is 280 Å². The van der Waals surface area contributed by atoms with Crippen LogP contribution < -0.4 is 4.18 Å². The van der Waals surface area contributed by atoms with Crippen LogP contribution in [0, 0.1) is 13.8 Å². The zero-order valence-electron chi connectivity index (χ0n) is 28.2. The molecule has 0 aliphatic heterocycles. The van der Waals surface area contributed by atoms with E-state index in [4.69, 9.17) is 8.92 Å². The Morgan fingerprint density at radius 1 is 0.872 bits per heavy atom. The molecule has 2 heterocycles. The van der Waals surface area contributed by atoms with Crippen LogP contribution in [0.25, 0.3) is 16.7 Å². The minimum absolute atomic E-state index is 0.00300. The number of aryl methyl sites for hydroxylation is 2. The molecule has 0 amide bonds. The molecule has 0 aliphatic carbocycles. The molecule has 2 aromatic heterocycles. The summed E-state index contributed by atoms with van der Waals surface area (Å²) in [7, 11) is 0. The van der Waals surface area contributed by atoms with Gasteiger partial charge in [-0.15, -0.1) is 14.1 Å². The number of hydrogen-bond donors (Lipinski definition) is 1. The van der Waals surface area contributed by atoms with E-state index in [1.807, 2.05) is 78.3 Å². The Balaban J connectivity index is 0.000000234. The second-order valence-corrected chi connectivity index (χ2v) is 12.5. The van der Waals surface area contributed by atoms with E-state index in [-0.39, 0.29) is 4.91 Å². The quantitative estimate of drug-likeness (QED) is 0.0498. The molecule has 5 aromatic rings. The van der Waals surface area contributed by atoms with Crippen molar-refractivity contribution >= 4 is 28.1 Å². The summed E-state index contributed by atoms with van der Waals surface area (Å²) in [5.41, 5.74) is 5.25. The van der Waals surface area contributed by atoms with Crippen LogP contribution in [0.3, 0.4) is 0 Å². The number of para-hydroxylation sites is 3. The molecule has 47 heavy (non-hydrogen) atoms. The number of benzene rings is 3. The van der Waals surface area contributed by atoms with Crippen LogP contribution in [-0.4, -0.2) is 53.9 Å². The van der Waals surface area contributed by atoms with E-state index < -0.39 is 17.0 Å². The molecule has 9 nitrogen and oxygen atoms in total. The summed E-state index contributed by atoms with van der Waals surface area (Å²) in [4.78, 5) is 16.6. The van der Waals surface area contributed by atoms with Gasteiger partial charge in [-0.1, -0.05) is 75.4 Å². The summed E-state index contributed by atoms with van der Waals surface area (Å²) in [6, 6.07) is 21.0. The predicted molar refractivity (Wildman–Crippen MR) is 190 cm³/mol. The summed E-state index contributed by atoms with van der Waals surface area (Å²) >= 11 is -1.95. The molecule has 0 bridgehead atoms. The van der Waals surface area contributed by atoms with Crippen LogP contribution in [0.15, 0.2) is 90.0 Å². The van der Waals surface area contributed by atoms with Crippen LogP contribution in [0.1, 0.15) is 70.4 Å². The Hall–Kier alpha value is -4.44. The van der Waals surface area contributed by atoms with Gasteiger partial charge in [0.2, 0.25) is 11.1 Å². The maximum absolute atomic E-state index is 12.6. The number of carbonyl (C=O) groups excluding carboxylic acids is 1. The van der Waals surface area contributed by atoms with Gasteiger partial charge in [0.25, 0.3) is 0 Å². The third kappa shape index (κ3) is 9.32. The highest BCUT2D eigenvalue weighted by Crippen LogP contribution is 2.32. The maximum atomic E-state index is 12.6. The lowest BCUT2D eigenvalue weighted by Crippen LogP contribution is -2.17. The number of ether oxygens (including phenoxy) is 1. The number of esters is 1. The standard InChI is InChI=1S/C23H35NO4S.C14H13N3O/c1-4-7-8-9-10-14-20-27-23(25)22(18-15-19-24(5-2)6-3)29(26)28-21-16-12-11-13-17-21;1-9-7-10(2)14(18)13(8-9)17-15-11-5-3-4-6-12(11)16(15)17/h11-13,15-19H,4-10,14,20H2,1-3H3;3-8,18H,1-2H3/b19-15+,22-18+;. The van der Waals surface area contributed by atoms with Crippen molar-refractivity contribution in [2.24, 2.45) is 0 Å². The predicted octanol–water partition coefficient (Wildman–Crippen LogP) is 8.12. The molecule has 252 valence electrons. The number of nitrogens with zero attached hydrogens (tertiary/aromatic N) is 4. The third-order valence-corrected chi connectivity index (χ3v) is 8.85. The fourth-order valence-corrected chi connectivity index (χ4v) is 5.95. The number of phenols is 1. The van der Waals surface area contributed by atoms with Crippen molar-refractivity contribution < 1.29 is 23.0 Å². The van der Waals surface area contributed by atoms with E-state index in [0.29, 0.717) is 18.1 Å². The minimum Gasteiger partial charge on any atom is -0.505 e. The zero-order valence-corrected chi connectivity index (χ0v) is 29.0. The van der Waals surface area contributed by atoms with Crippen LogP contribution >= 0.6 is 0 Å². The summed E-state index contributed by atoms with van der Waals surface area (Å²) in [5, 5.41) is 10.2. The first-order chi connectivity index (χ1) is 22.8. The van der Waals surface area contributed by atoms with E-state index in [9.17, 15) is 14.1 Å². The largest absolute Gasteiger partial charge is 0.505 e. The summed E-state index contributed by atoms with van der Waals surface area (Å²) in [6.07, 6.45) is 11.7. The minimum atomic E-state index is -1.95. The Kier molecular flexibility index (Phi) is 13.2. The lowest BCUT2D eigenvalue weighted by molar-refractivity contribution is -0.138. The van der Waals surface area contributed by atoms with Gasteiger partial charge in [-0.2, -0.15) is 0 Å². The topological polar surface area (TPSA) is 89.8 Å². The van der Waals surface area contributed by atoms with Gasteiger partial charge in [-0.05, 0) is 93.9 Å². The Bertz CT molecular complexity index is 1740. The van der Waals surface area contributed by atoms with E-state index in [0.717, 1.165) is 49.2 Å². The number of rotatable bonds is 16. The number of fused-ring (bicyclic) bond motifs is 4. The molecule has 10 heteroatoms. The smallest absolute Gasteiger partial charge is 0.350 e. The highest BCUT2D eigenvalue weighted by atomic mass is 32.2. The lowest BCUT2D eigenvalue weighted by Gasteiger charge is -2.14. The molecule has 1 atom stereocenters. The number of carbonyl (C=O) groups is 1. The lowest BCUT2D eigenvalue weighted by atomic mass is 10.1. The molecular weight excluding hydrogens is 612 g/mol. The summed E-state index contributed by atoms with van der Waals surface area (Å²) in [6.45, 7) is 12.3. The second kappa shape index (κ2) is 17.5. The van der Waals surface area contributed by atoms with Crippen molar-refractivity contribution in [3.05, 3.63) is 101 Å². The van der Waals surface area contributed by atoms with E-state index in [1.54, 1.807) is 30.3 Å². The fraction of sp³-hybridized carbons (Fsp3) is 0.378. The number of aromatic hydroxyl groups is 1. The monoisotopic (exact) mass is 660 g/mol. The second-order valence-electron chi connectivity index (χ2n) is 11.4. The van der Waals surface area contributed by atoms with Crippen molar-refractivity contribution in [2.75, 3.05) is 19.7 Å². The van der Waals surface area contributed by atoms with Crippen LogP contribution in [0.2, 0.25) is 0 Å². The molecule has 0 aliphatic rings. The van der Waals surface area contributed by atoms with Gasteiger partial charge >= 0.3 is 5.97 Å². The molecule has 0 saturated heterocycles. The number of hydrogen-bond acceptors (Lipinski definition) is 6. The number of phenolic OH excluding ortho intramolecular Hbond substituents is 1. The van der Waals surface area contributed by atoms with Crippen LogP contribution in [0.4, 0.5) is 0 Å². The molecule has 0 spiro atoms. The van der Waals surface area contributed by atoms with Gasteiger partial charge in [0.15, 0.2) is 4.91 Å². The molecule has 1 unspecified atom stereocenters. The normalized spacial score (nSPS) is 12.5. The van der Waals surface area contributed by atoms with Crippen LogP contribution in [0.5, 0.6) is 11.5 Å². The van der Waals surface area contributed by atoms with Crippen molar-refractivity contribution in [2.45, 2.75) is 73.1 Å². The van der Waals surface area contributed by atoms with Crippen molar-refractivity contribution in [1.82, 2.24) is 19.0 Å². The molecule has 3 aromatic carbocycles. The molecule has 0 saturated carbocycles. The Morgan fingerprint density at radius 3 is 2.13 bits per heavy atom. The number of unbranched alkanes of at least 4 members (excludes halogenated alkanes) is 5. The third-order valence-electron chi connectivity index (χ3n) is 7.84. The molecule has 5 rings (SSSR count). The van der Waals surface area contributed by atoms with Gasteiger partial charge in [0.05, 0.1) is 6.61 Å². The highest BCUT2D eigenvalue weighted by Gasteiger charge is 2.25. The number of aromatic nitrogens is 3. The van der Waals surface area contributed by atoms with Gasteiger partial charge in [0, 0.05) is 13.1 Å². The highest BCUT2D eigenvalue weighted by molar-refractivity contribution is 7.85. The van der Waals surface area contributed by atoms with E-state index >= 15 is 0 Å². The average Bonchev–Trinajstić information content (AvgIpc) is 3.74. The van der Waals surface area contributed by atoms with E-state index in [2.05, 4.69) is 24.0 Å². The number of allylic oxidation sites excluding steroid dienone is 2. The van der Waals surface area contributed by atoms with E-state index in [1.165, 1.54) is 36.4 Å². The average molecular weight is 661 g/mol.